The van der Waals surface area contributed by atoms with Gasteiger partial charge in [-0.25, -0.2) is 13.1 Å². The number of sulfonamides is 1. The summed E-state index contributed by atoms with van der Waals surface area (Å²) >= 11 is 4.53. The molecule has 1 heterocycles. The summed E-state index contributed by atoms with van der Waals surface area (Å²) in [6.07, 6.45) is 0. The zero-order chi connectivity index (χ0) is 10.9. The van der Waals surface area contributed by atoms with E-state index in [0.717, 1.165) is 9.35 Å². The molecule has 0 aliphatic rings. The highest BCUT2D eigenvalue weighted by atomic mass is 79.9. The summed E-state index contributed by atoms with van der Waals surface area (Å²) in [5, 5.41) is 0. The quantitative estimate of drug-likeness (QED) is 0.932. The first-order valence-corrected chi connectivity index (χ1v) is 7.20. The molecule has 0 saturated heterocycles. The summed E-state index contributed by atoms with van der Waals surface area (Å²) < 4.78 is 27.1. The van der Waals surface area contributed by atoms with Crippen molar-refractivity contribution in [1.29, 1.82) is 0 Å². The average molecular weight is 298 g/mol. The molecule has 0 unspecified atom stereocenters. The first-order valence-electron chi connectivity index (χ1n) is 4.11. The molecule has 1 N–H and O–H groups in total. The van der Waals surface area contributed by atoms with Crippen molar-refractivity contribution in [3.05, 3.63) is 15.4 Å². The van der Waals surface area contributed by atoms with E-state index in [1.165, 1.54) is 11.3 Å². The Morgan fingerprint density at radius 2 is 2.07 bits per heavy atom. The third-order valence-corrected chi connectivity index (χ3v) is 5.76. The van der Waals surface area contributed by atoms with Crippen LogP contribution in [0.2, 0.25) is 0 Å². The van der Waals surface area contributed by atoms with Crippen LogP contribution in [-0.4, -0.2) is 14.5 Å². The van der Waals surface area contributed by atoms with E-state index in [1.54, 1.807) is 19.9 Å². The Morgan fingerprint density at radius 1 is 1.50 bits per heavy atom. The molecule has 1 aromatic heterocycles. The molecule has 0 spiro atoms. The Labute approximate surface area is 96.7 Å². The summed E-state index contributed by atoms with van der Waals surface area (Å²) in [4.78, 5) is 0. The molecule has 1 rings (SSSR count). The normalized spacial score (nSPS) is 12.4. The van der Waals surface area contributed by atoms with Crippen LogP contribution in [0.3, 0.4) is 0 Å². The minimum Gasteiger partial charge on any atom is -0.208 e. The first-order chi connectivity index (χ1) is 6.33. The van der Waals surface area contributed by atoms with E-state index in [1.807, 2.05) is 6.92 Å². The van der Waals surface area contributed by atoms with Crippen molar-refractivity contribution in [3.8, 4) is 0 Å². The van der Waals surface area contributed by atoms with Crippen molar-refractivity contribution in [1.82, 2.24) is 4.72 Å². The van der Waals surface area contributed by atoms with Crippen LogP contribution in [0.15, 0.2) is 14.1 Å². The number of hydrogen-bond acceptors (Lipinski definition) is 3. The van der Waals surface area contributed by atoms with E-state index in [-0.39, 0.29) is 6.04 Å². The van der Waals surface area contributed by atoms with Crippen LogP contribution < -0.4 is 4.72 Å². The highest BCUT2D eigenvalue weighted by Gasteiger charge is 2.18. The van der Waals surface area contributed by atoms with Crippen LogP contribution in [0.4, 0.5) is 0 Å². The molecule has 3 nitrogen and oxygen atoms in total. The van der Waals surface area contributed by atoms with Crippen molar-refractivity contribution < 1.29 is 8.42 Å². The van der Waals surface area contributed by atoms with E-state index >= 15 is 0 Å². The molecular weight excluding hydrogens is 286 g/mol. The average Bonchev–Trinajstić information content (AvgIpc) is 2.30. The van der Waals surface area contributed by atoms with Gasteiger partial charge in [0.2, 0.25) is 10.0 Å². The second-order valence-corrected chi connectivity index (χ2v) is 7.61. The fraction of sp³-hybridized carbons (Fsp3) is 0.500. The lowest BCUT2D eigenvalue weighted by Crippen LogP contribution is -2.29. The zero-order valence-corrected chi connectivity index (χ0v) is 11.4. The lowest BCUT2D eigenvalue weighted by atomic mass is 10.4. The van der Waals surface area contributed by atoms with Gasteiger partial charge >= 0.3 is 0 Å². The SMILES string of the molecule is Cc1cc(S(=O)(=O)NC(C)C)sc1Br. The Bertz CT molecular complexity index is 403. The second-order valence-electron chi connectivity index (χ2n) is 3.30. The standard InChI is InChI=1S/C8H12BrNO2S2/c1-5(2)10-14(11,12)7-4-6(3)8(9)13-7/h4-5,10H,1-3H3. The van der Waals surface area contributed by atoms with Crippen LogP contribution in [0.1, 0.15) is 19.4 Å². The number of nitrogens with one attached hydrogen (secondary N) is 1. The highest BCUT2D eigenvalue weighted by Crippen LogP contribution is 2.30. The molecular formula is C8H12BrNO2S2. The van der Waals surface area contributed by atoms with Crippen LogP contribution in [0, 0.1) is 6.92 Å². The maximum Gasteiger partial charge on any atom is 0.250 e. The Kier molecular flexibility index (Phi) is 3.74. The third kappa shape index (κ3) is 2.79. The van der Waals surface area contributed by atoms with Gasteiger partial charge in [0.25, 0.3) is 0 Å². The van der Waals surface area contributed by atoms with Crippen molar-refractivity contribution >= 4 is 37.3 Å². The molecule has 1 aromatic rings. The minimum absolute atomic E-state index is 0.0822. The van der Waals surface area contributed by atoms with Crippen molar-refractivity contribution in [2.24, 2.45) is 0 Å². The summed E-state index contributed by atoms with van der Waals surface area (Å²) in [6, 6.07) is 1.58. The summed E-state index contributed by atoms with van der Waals surface area (Å²) in [6.45, 7) is 5.47. The fourth-order valence-electron chi connectivity index (χ4n) is 0.933. The summed E-state index contributed by atoms with van der Waals surface area (Å²) in [5.74, 6) is 0. The van der Waals surface area contributed by atoms with E-state index in [4.69, 9.17) is 0 Å². The van der Waals surface area contributed by atoms with Crippen molar-refractivity contribution in [3.63, 3.8) is 0 Å². The van der Waals surface area contributed by atoms with E-state index < -0.39 is 10.0 Å². The second kappa shape index (κ2) is 4.30. The number of thiophene rings is 1. The van der Waals surface area contributed by atoms with E-state index in [2.05, 4.69) is 20.7 Å². The van der Waals surface area contributed by atoms with Crippen LogP contribution in [0.25, 0.3) is 0 Å². The molecule has 80 valence electrons. The maximum absolute atomic E-state index is 11.7. The van der Waals surface area contributed by atoms with Gasteiger partial charge < -0.3 is 0 Å². The number of halogens is 1. The molecule has 0 saturated carbocycles. The largest absolute Gasteiger partial charge is 0.250 e. The van der Waals surface area contributed by atoms with Crippen LogP contribution >= 0.6 is 27.3 Å². The predicted octanol–water partition coefficient (Wildman–Crippen LogP) is 2.51. The fourth-order valence-corrected chi connectivity index (χ4v) is 4.43. The number of aryl methyl sites for hydroxylation is 1. The van der Waals surface area contributed by atoms with Gasteiger partial charge in [0.15, 0.2) is 0 Å². The molecule has 6 heteroatoms. The van der Waals surface area contributed by atoms with Crippen molar-refractivity contribution in [2.75, 3.05) is 0 Å². The van der Waals surface area contributed by atoms with Gasteiger partial charge in [0.1, 0.15) is 4.21 Å². The van der Waals surface area contributed by atoms with Gasteiger partial charge in [-0.1, -0.05) is 0 Å². The Morgan fingerprint density at radius 3 is 2.43 bits per heavy atom. The lowest BCUT2D eigenvalue weighted by Gasteiger charge is -2.06. The summed E-state index contributed by atoms with van der Waals surface area (Å²) in [5.41, 5.74) is 0.944. The van der Waals surface area contributed by atoms with E-state index in [0.29, 0.717) is 4.21 Å². The number of hydrogen-bond donors (Lipinski definition) is 1. The van der Waals surface area contributed by atoms with Gasteiger partial charge in [0.05, 0.1) is 3.79 Å². The predicted molar refractivity (Wildman–Crippen MR) is 62.2 cm³/mol. The van der Waals surface area contributed by atoms with Gasteiger partial charge in [-0.2, -0.15) is 0 Å². The molecule has 14 heavy (non-hydrogen) atoms. The molecule has 0 aliphatic heterocycles. The first kappa shape index (κ1) is 12.2. The molecule has 0 aromatic carbocycles. The molecule has 0 amide bonds. The monoisotopic (exact) mass is 297 g/mol. The van der Waals surface area contributed by atoms with Crippen LogP contribution in [0.5, 0.6) is 0 Å². The Balaban J connectivity index is 3.05. The van der Waals surface area contributed by atoms with Gasteiger partial charge in [-0.05, 0) is 48.3 Å². The highest BCUT2D eigenvalue weighted by molar-refractivity contribution is 9.11. The smallest absolute Gasteiger partial charge is 0.208 e. The Hall–Kier alpha value is 0.0900. The number of rotatable bonds is 3. The van der Waals surface area contributed by atoms with Gasteiger partial charge in [0, 0.05) is 6.04 Å². The minimum atomic E-state index is -3.32. The van der Waals surface area contributed by atoms with Gasteiger partial charge in [-0.3, -0.25) is 0 Å². The molecule has 0 aliphatic carbocycles. The zero-order valence-electron chi connectivity index (χ0n) is 8.17. The molecule has 0 atom stereocenters. The molecule has 0 bridgehead atoms. The van der Waals surface area contributed by atoms with Crippen LogP contribution in [-0.2, 0) is 10.0 Å². The topological polar surface area (TPSA) is 46.2 Å². The summed E-state index contributed by atoms with van der Waals surface area (Å²) in [7, 11) is -3.32. The maximum atomic E-state index is 11.7. The lowest BCUT2D eigenvalue weighted by molar-refractivity contribution is 0.572. The van der Waals surface area contributed by atoms with E-state index in [9.17, 15) is 8.42 Å². The van der Waals surface area contributed by atoms with Crippen molar-refractivity contribution in [2.45, 2.75) is 31.0 Å². The third-order valence-electron chi connectivity index (χ3n) is 1.49. The van der Waals surface area contributed by atoms with Gasteiger partial charge in [-0.15, -0.1) is 11.3 Å². The molecule has 0 fully saturated rings. The molecule has 0 radical (unpaired) electrons.